The van der Waals surface area contributed by atoms with Crippen molar-refractivity contribution < 1.29 is 22.7 Å². The van der Waals surface area contributed by atoms with Crippen LogP contribution >= 0.6 is 11.6 Å². The van der Waals surface area contributed by atoms with E-state index in [-0.39, 0.29) is 23.3 Å². The first-order chi connectivity index (χ1) is 18.2. The Labute approximate surface area is 220 Å². The summed E-state index contributed by atoms with van der Waals surface area (Å²) in [5, 5.41) is 2.72. The third-order valence-corrected chi connectivity index (χ3v) is 6.57. The number of nitrogens with two attached hydrogens (primary N) is 1. The molecule has 0 saturated carbocycles. The molecule has 0 bridgehead atoms. The maximum atomic E-state index is 13.0. The van der Waals surface area contributed by atoms with Gasteiger partial charge in [-0.2, -0.15) is 13.2 Å². The number of hydrogen-bond donors (Lipinski definition) is 2. The average molecular weight is 546 g/mol. The second kappa shape index (κ2) is 10.2. The molecule has 1 saturated heterocycles. The van der Waals surface area contributed by atoms with Gasteiger partial charge in [0.05, 0.1) is 18.4 Å². The predicted octanol–water partition coefficient (Wildman–Crippen LogP) is 4.69. The Morgan fingerprint density at radius 2 is 2.00 bits per heavy atom. The van der Waals surface area contributed by atoms with E-state index in [9.17, 15) is 18.0 Å². The minimum Gasteiger partial charge on any atom is -0.382 e. The van der Waals surface area contributed by atoms with Gasteiger partial charge in [-0.25, -0.2) is 15.0 Å². The number of hydrogen-bond acceptors (Lipinski definition) is 7. The number of amides is 1. The van der Waals surface area contributed by atoms with Gasteiger partial charge in [0.25, 0.3) is 5.91 Å². The number of benzene rings is 1. The molecule has 1 aliphatic heterocycles. The number of carbonyl (C=O) groups excluding carboxylic acids is 1. The molecule has 0 radical (unpaired) electrons. The molecule has 1 atom stereocenters. The zero-order chi connectivity index (χ0) is 27.0. The molecular formula is C25H23ClF3N7O2. The van der Waals surface area contributed by atoms with Crippen molar-refractivity contribution in [2.24, 2.45) is 0 Å². The van der Waals surface area contributed by atoms with Gasteiger partial charge in [0.15, 0.2) is 0 Å². The molecule has 0 aliphatic carbocycles. The maximum absolute atomic E-state index is 13.0. The summed E-state index contributed by atoms with van der Waals surface area (Å²) in [6, 6.07) is 8.01. The molecule has 0 spiro atoms. The lowest BCUT2D eigenvalue weighted by Gasteiger charge is -2.31. The number of nitrogens with one attached hydrogen (secondary N) is 1. The van der Waals surface area contributed by atoms with Gasteiger partial charge in [-0.05, 0) is 30.8 Å². The van der Waals surface area contributed by atoms with E-state index in [1.54, 1.807) is 16.5 Å². The van der Waals surface area contributed by atoms with Crippen molar-refractivity contribution in [3.8, 4) is 11.3 Å². The standard InChI is InChI=1S/C25H23ClF3N7O2/c1-2-35-9-10-38-17(13-35)23-34-20(21-22(30)32-12-18(26)36(21)23)14-3-5-15(6-4-14)24(37)33-19-11-16(7-8-31-19)25(27,28)29/h3-8,11-12,17H,2,9-10,13H2,1H3,(H2,30,32)(H,31,33,37)/t17-/m1/s1. The summed E-state index contributed by atoms with van der Waals surface area (Å²) in [6.07, 6.45) is -2.45. The first kappa shape index (κ1) is 25.9. The van der Waals surface area contributed by atoms with Gasteiger partial charge >= 0.3 is 6.18 Å². The van der Waals surface area contributed by atoms with Crippen LogP contribution in [-0.4, -0.2) is 56.4 Å². The van der Waals surface area contributed by atoms with Crippen LogP contribution in [0.5, 0.6) is 0 Å². The number of rotatable bonds is 5. The number of anilines is 2. The van der Waals surface area contributed by atoms with Crippen LogP contribution in [0.15, 0.2) is 48.8 Å². The molecule has 1 fully saturated rings. The minimum absolute atomic E-state index is 0.208. The monoisotopic (exact) mass is 545 g/mol. The van der Waals surface area contributed by atoms with E-state index in [0.717, 1.165) is 31.4 Å². The molecule has 38 heavy (non-hydrogen) atoms. The van der Waals surface area contributed by atoms with Crippen molar-refractivity contribution in [2.45, 2.75) is 19.2 Å². The second-order valence-electron chi connectivity index (χ2n) is 8.68. The first-order valence-corrected chi connectivity index (χ1v) is 12.1. The number of morpholine rings is 1. The Balaban J connectivity index is 1.46. The van der Waals surface area contributed by atoms with Gasteiger partial charge in [-0.15, -0.1) is 0 Å². The zero-order valence-corrected chi connectivity index (χ0v) is 20.9. The van der Waals surface area contributed by atoms with Gasteiger partial charge in [0.2, 0.25) is 0 Å². The average Bonchev–Trinajstić information content (AvgIpc) is 3.33. The van der Waals surface area contributed by atoms with E-state index < -0.39 is 17.6 Å². The molecule has 3 aromatic heterocycles. The molecule has 4 heterocycles. The van der Waals surface area contributed by atoms with Crippen LogP contribution < -0.4 is 11.1 Å². The van der Waals surface area contributed by atoms with Crippen LogP contribution in [0.2, 0.25) is 5.15 Å². The third kappa shape index (κ3) is 5.02. The Kier molecular flexibility index (Phi) is 6.95. The van der Waals surface area contributed by atoms with E-state index in [0.29, 0.717) is 40.9 Å². The highest BCUT2D eigenvalue weighted by molar-refractivity contribution is 6.30. The molecule has 9 nitrogen and oxygen atoms in total. The van der Waals surface area contributed by atoms with Gasteiger partial charge in [-0.3, -0.25) is 14.1 Å². The number of aromatic nitrogens is 4. The predicted molar refractivity (Wildman–Crippen MR) is 136 cm³/mol. The van der Waals surface area contributed by atoms with Gasteiger partial charge in [-0.1, -0.05) is 30.7 Å². The molecule has 3 N–H and O–H groups in total. The van der Waals surface area contributed by atoms with Crippen LogP contribution in [0.3, 0.4) is 0 Å². The van der Waals surface area contributed by atoms with Crippen molar-refractivity contribution in [2.75, 3.05) is 37.3 Å². The smallest absolute Gasteiger partial charge is 0.382 e. The highest BCUT2D eigenvalue weighted by Crippen LogP contribution is 2.35. The largest absolute Gasteiger partial charge is 0.416 e. The number of pyridine rings is 1. The van der Waals surface area contributed by atoms with Crippen LogP contribution in [0.4, 0.5) is 24.8 Å². The SMILES string of the molecule is CCN1CCO[C@@H](c2nc(-c3ccc(C(=O)Nc4cc(C(F)(F)F)ccn4)cc3)c3c(N)ncc(Cl)n23)C1. The number of carbonyl (C=O) groups is 1. The molecule has 4 aromatic rings. The van der Waals surface area contributed by atoms with Crippen LogP contribution in [0.25, 0.3) is 16.8 Å². The van der Waals surface area contributed by atoms with Crippen LogP contribution in [-0.2, 0) is 10.9 Å². The summed E-state index contributed by atoms with van der Waals surface area (Å²) in [5.41, 5.74) is 7.20. The number of halogens is 4. The van der Waals surface area contributed by atoms with E-state index in [1.165, 1.54) is 18.3 Å². The van der Waals surface area contributed by atoms with Crippen LogP contribution in [0, 0.1) is 0 Å². The van der Waals surface area contributed by atoms with Crippen molar-refractivity contribution in [1.29, 1.82) is 0 Å². The summed E-state index contributed by atoms with van der Waals surface area (Å²) in [5.74, 6) is -0.00702. The Hall–Kier alpha value is -3.74. The Morgan fingerprint density at radius 1 is 1.24 bits per heavy atom. The third-order valence-electron chi connectivity index (χ3n) is 6.30. The van der Waals surface area contributed by atoms with Gasteiger partial charge in [0.1, 0.15) is 39.9 Å². The fourth-order valence-electron chi connectivity index (χ4n) is 4.34. The number of fused-ring (bicyclic) bond motifs is 1. The van der Waals surface area contributed by atoms with Crippen LogP contribution in [0.1, 0.15) is 34.8 Å². The first-order valence-electron chi connectivity index (χ1n) is 11.8. The van der Waals surface area contributed by atoms with E-state index >= 15 is 0 Å². The number of likely N-dealkylation sites (N-methyl/N-ethyl adjacent to an activating group) is 1. The maximum Gasteiger partial charge on any atom is 0.416 e. The number of imidazole rings is 1. The highest BCUT2D eigenvalue weighted by Gasteiger charge is 2.31. The topological polar surface area (TPSA) is 111 Å². The number of alkyl halides is 3. The lowest BCUT2D eigenvalue weighted by atomic mass is 10.1. The fourth-order valence-corrected chi connectivity index (χ4v) is 4.56. The van der Waals surface area contributed by atoms with Crippen molar-refractivity contribution in [3.63, 3.8) is 0 Å². The summed E-state index contributed by atoms with van der Waals surface area (Å²) >= 11 is 6.51. The molecule has 1 aromatic carbocycles. The zero-order valence-electron chi connectivity index (χ0n) is 20.2. The fraction of sp³-hybridized carbons (Fsp3) is 0.280. The summed E-state index contributed by atoms with van der Waals surface area (Å²) < 4.78 is 46.7. The minimum atomic E-state index is -4.55. The molecule has 1 aliphatic rings. The summed E-state index contributed by atoms with van der Waals surface area (Å²) in [6.45, 7) is 4.95. The molecule has 1 amide bonds. The van der Waals surface area contributed by atoms with E-state index in [2.05, 4.69) is 27.1 Å². The molecule has 5 rings (SSSR count). The highest BCUT2D eigenvalue weighted by atomic mass is 35.5. The van der Waals surface area contributed by atoms with Crippen molar-refractivity contribution in [1.82, 2.24) is 24.3 Å². The summed E-state index contributed by atoms with van der Waals surface area (Å²) in [4.78, 5) is 27.8. The molecular weight excluding hydrogens is 523 g/mol. The molecule has 198 valence electrons. The Bertz CT molecular complexity index is 1490. The normalized spacial score (nSPS) is 16.6. The van der Waals surface area contributed by atoms with Crippen molar-refractivity contribution >= 4 is 34.7 Å². The number of ether oxygens (including phenoxy) is 1. The molecule has 13 heteroatoms. The lowest BCUT2D eigenvalue weighted by Crippen LogP contribution is -2.38. The Morgan fingerprint density at radius 3 is 2.71 bits per heavy atom. The quantitative estimate of drug-likeness (QED) is 0.374. The number of nitrogens with zero attached hydrogens (tertiary/aromatic N) is 5. The number of nitrogen functional groups attached to an aromatic ring is 1. The van der Waals surface area contributed by atoms with Gasteiger partial charge < -0.3 is 15.8 Å². The van der Waals surface area contributed by atoms with Crippen molar-refractivity contribution in [3.05, 3.63) is 70.9 Å². The van der Waals surface area contributed by atoms with E-state index in [4.69, 9.17) is 27.1 Å². The van der Waals surface area contributed by atoms with E-state index in [1.807, 2.05) is 0 Å². The summed E-state index contributed by atoms with van der Waals surface area (Å²) in [7, 11) is 0. The van der Waals surface area contributed by atoms with Gasteiger partial charge in [0, 0.05) is 30.4 Å². The lowest BCUT2D eigenvalue weighted by molar-refractivity contribution is -0.137. The second-order valence-corrected chi connectivity index (χ2v) is 9.07. The molecule has 0 unspecified atom stereocenters.